The van der Waals surface area contributed by atoms with Crippen molar-refractivity contribution in [2.24, 2.45) is 5.73 Å². The van der Waals surface area contributed by atoms with Gasteiger partial charge in [-0.2, -0.15) is 0 Å². The molecule has 1 aromatic rings. The van der Waals surface area contributed by atoms with Crippen molar-refractivity contribution in [2.75, 3.05) is 6.54 Å². The molecule has 0 aliphatic carbocycles. The Hall–Kier alpha value is 0.140. The summed E-state index contributed by atoms with van der Waals surface area (Å²) >= 11 is 5.33. The molecule has 0 atom stereocenters. The molecule has 0 amide bonds. The van der Waals surface area contributed by atoms with Crippen LogP contribution in [0.5, 0.6) is 0 Å². The van der Waals surface area contributed by atoms with Gasteiger partial charge in [0.15, 0.2) is 0 Å². The number of halogens is 1. The molecule has 1 rings (SSSR count). The van der Waals surface area contributed by atoms with E-state index >= 15 is 0 Å². The van der Waals surface area contributed by atoms with Gasteiger partial charge in [0.2, 0.25) is 0 Å². The molecular formula is C9H14BrNS. The van der Waals surface area contributed by atoms with Crippen molar-refractivity contribution in [1.29, 1.82) is 0 Å². The molecule has 0 spiro atoms. The van der Waals surface area contributed by atoms with Crippen LogP contribution < -0.4 is 5.73 Å². The minimum Gasteiger partial charge on any atom is -0.330 e. The first-order valence-corrected chi connectivity index (χ1v) is 5.55. The van der Waals surface area contributed by atoms with Gasteiger partial charge in [0.1, 0.15) is 0 Å². The van der Waals surface area contributed by atoms with Crippen molar-refractivity contribution in [3.05, 3.63) is 20.3 Å². The van der Waals surface area contributed by atoms with Gasteiger partial charge in [0.05, 0.1) is 3.79 Å². The quantitative estimate of drug-likeness (QED) is 0.855. The van der Waals surface area contributed by atoms with Crippen LogP contribution in [-0.2, 0) is 5.41 Å². The van der Waals surface area contributed by atoms with Gasteiger partial charge in [0.25, 0.3) is 0 Å². The normalized spacial score (nSPS) is 12.1. The van der Waals surface area contributed by atoms with E-state index < -0.39 is 0 Å². The van der Waals surface area contributed by atoms with E-state index in [4.69, 9.17) is 5.73 Å². The van der Waals surface area contributed by atoms with E-state index in [0.29, 0.717) is 6.54 Å². The first kappa shape index (κ1) is 10.2. The number of hydrogen-bond acceptors (Lipinski definition) is 2. The van der Waals surface area contributed by atoms with Crippen LogP contribution in [0.15, 0.2) is 9.85 Å². The highest BCUT2D eigenvalue weighted by atomic mass is 79.9. The highest BCUT2D eigenvalue weighted by Gasteiger charge is 2.22. The summed E-state index contributed by atoms with van der Waals surface area (Å²) in [7, 11) is 0. The lowest BCUT2D eigenvalue weighted by Gasteiger charge is -2.21. The van der Waals surface area contributed by atoms with Crippen LogP contribution >= 0.6 is 27.3 Å². The number of hydrogen-bond donors (Lipinski definition) is 1. The number of nitrogens with two attached hydrogens (primary N) is 1. The highest BCUT2D eigenvalue weighted by molar-refractivity contribution is 9.11. The van der Waals surface area contributed by atoms with Crippen LogP contribution in [0.2, 0.25) is 0 Å². The van der Waals surface area contributed by atoms with Crippen molar-refractivity contribution in [2.45, 2.75) is 26.2 Å². The molecule has 0 aromatic carbocycles. The fraction of sp³-hybridized carbons (Fsp3) is 0.556. The van der Waals surface area contributed by atoms with Crippen LogP contribution in [0.25, 0.3) is 0 Å². The molecule has 1 aromatic heterocycles. The molecule has 3 heteroatoms. The number of rotatable bonds is 2. The van der Waals surface area contributed by atoms with E-state index in [1.54, 1.807) is 11.3 Å². The van der Waals surface area contributed by atoms with Crippen molar-refractivity contribution < 1.29 is 0 Å². The largest absolute Gasteiger partial charge is 0.330 e. The third-order valence-electron chi connectivity index (χ3n) is 2.05. The third-order valence-corrected chi connectivity index (χ3v) is 3.80. The molecule has 1 nitrogen and oxygen atoms in total. The van der Waals surface area contributed by atoms with Gasteiger partial charge in [-0.1, -0.05) is 13.8 Å². The molecule has 0 fully saturated rings. The van der Waals surface area contributed by atoms with Crippen LogP contribution in [0, 0.1) is 6.92 Å². The maximum absolute atomic E-state index is 5.70. The lowest BCUT2D eigenvalue weighted by atomic mass is 9.87. The van der Waals surface area contributed by atoms with Crippen molar-refractivity contribution in [3.63, 3.8) is 0 Å². The topological polar surface area (TPSA) is 26.0 Å². The molecule has 1 heterocycles. The van der Waals surface area contributed by atoms with E-state index in [1.807, 2.05) is 0 Å². The van der Waals surface area contributed by atoms with Crippen LogP contribution in [0.1, 0.15) is 24.3 Å². The zero-order chi connectivity index (χ0) is 9.35. The molecule has 0 aliphatic rings. The predicted octanol–water partition coefficient (Wildman–Crippen LogP) is 3.06. The number of aryl methyl sites for hydroxylation is 1. The molecule has 0 bridgehead atoms. The zero-order valence-electron chi connectivity index (χ0n) is 7.65. The van der Waals surface area contributed by atoms with E-state index in [0.717, 1.165) is 0 Å². The minimum absolute atomic E-state index is 0.0869. The average molecular weight is 248 g/mol. The van der Waals surface area contributed by atoms with Crippen molar-refractivity contribution in [3.8, 4) is 0 Å². The lowest BCUT2D eigenvalue weighted by Crippen LogP contribution is -2.27. The van der Waals surface area contributed by atoms with Gasteiger partial charge in [-0.15, -0.1) is 11.3 Å². The fourth-order valence-electron chi connectivity index (χ4n) is 1.06. The second-order valence-electron chi connectivity index (χ2n) is 3.63. The van der Waals surface area contributed by atoms with Crippen LogP contribution in [0.4, 0.5) is 0 Å². The van der Waals surface area contributed by atoms with Gasteiger partial charge < -0.3 is 5.73 Å². The fourth-order valence-corrected chi connectivity index (χ4v) is 3.38. The van der Waals surface area contributed by atoms with Gasteiger partial charge in [-0.05, 0) is 34.5 Å². The smallest absolute Gasteiger partial charge is 0.0739 e. The van der Waals surface area contributed by atoms with Gasteiger partial charge >= 0.3 is 0 Å². The predicted molar refractivity (Wildman–Crippen MR) is 58.8 cm³/mol. The summed E-state index contributed by atoms with van der Waals surface area (Å²) in [5.74, 6) is 0. The Kier molecular flexibility index (Phi) is 2.97. The molecule has 0 radical (unpaired) electrons. The van der Waals surface area contributed by atoms with Crippen molar-refractivity contribution in [1.82, 2.24) is 0 Å². The maximum atomic E-state index is 5.70. The summed E-state index contributed by atoms with van der Waals surface area (Å²) < 4.78 is 1.22. The summed E-state index contributed by atoms with van der Waals surface area (Å²) in [6, 6.07) is 2.21. The Balaban J connectivity index is 3.09. The monoisotopic (exact) mass is 247 g/mol. The van der Waals surface area contributed by atoms with Crippen molar-refractivity contribution >= 4 is 27.3 Å². The maximum Gasteiger partial charge on any atom is 0.0739 e. The molecule has 0 saturated heterocycles. The standard InChI is InChI=1S/C9H14BrNS/c1-6-4-7(8(10)12-6)9(2,3)5-11/h4H,5,11H2,1-3H3. The molecule has 68 valence electrons. The Morgan fingerprint density at radius 1 is 1.58 bits per heavy atom. The van der Waals surface area contributed by atoms with Gasteiger partial charge in [0, 0.05) is 16.8 Å². The molecular weight excluding hydrogens is 234 g/mol. The lowest BCUT2D eigenvalue weighted by molar-refractivity contribution is 0.539. The Morgan fingerprint density at radius 2 is 2.17 bits per heavy atom. The summed E-state index contributed by atoms with van der Waals surface area (Å²) in [5, 5.41) is 0. The van der Waals surface area contributed by atoms with Gasteiger partial charge in [-0.3, -0.25) is 0 Å². The average Bonchev–Trinajstić information content (AvgIpc) is 2.31. The SMILES string of the molecule is Cc1cc(C(C)(C)CN)c(Br)s1. The van der Waals surface area contributed by atoms with Gasteiger partial charge in [-0.25, -0.2) is 0 Å². The first-order chi connectivity index (χ1) is 5.47. The molecule has 0 saturated carbocycles. The summed E-state index contributed by atoms with van der Waals surface area (Å²) in [5.41, 5.74) is 7.11. The zero-order valence-corrected chi connectivity index (χ0v) is 10.1. The highest BCUT2D eigenvalue weighted by Crippen LogP contribution is 2.35. The summed E-state index contributed by atoms with van der Waals surface area (Å²) in [6.45, 7) is 7.13. The van der Waals surface area contributed by atoms with Crippen LogP contribution in [-0.4, -0.2) is 6.54 Å². The molecule has 2 N–H and O–H groups in total. The molecule has 12 heavy (non-hydrogen) atoms. The third kappa shape index (κ3) is 1.90. The minimum atomic E-state index is 0.0869. The molecule has 0 unspecified atom stereocenters. The van der Waals surface area contributed by atoms with E-state index in [1.165, 1.54) is 14.2 Å². The second-order valence-corrected chi connectivity index (χ2v) is 6.21. The van der Waals surface area contributed by atoms with E-state index in [9.17, 15) is 0 Å². The summed E-state index contributed by atoms with van der Waals surface area (Å²) in [4.78, 5) is 1.33. The second kappa shape index (κ2) is 3.48. The molecule has 0 aliphatic heterocycles. The Morgan fingerprint density at radius 3 is 2.50 bits per heavy atom. The number of thiophene rings is 1. The van der Waals surface area contributed by atoms with Crippen LogP contribution in [0.3, 0.4) is 0 Å². The Bertz CT molecular complexity index is 278. The van der Waals surface area contributed by atoms with E-state index in [-0.39, 0.29) is 5.41 Å². The first-order valence-electron chi connectivity index (χ1n) is 3.94. The Labute approximate surface area is 86.1 Å². The van der Waals surface area contributed by atoms with E-state index in [2.05, 4.69) is 42.8 Å². The summed E-state index contributed by atoms with van der Waals surface area (Å²) in [6.07, 6.45) is 0.